The number of hydrogen-bond acceptors (Lipinski definition) is 1. The van der Waals surface area contributed by atoms with Gasteiger partial charge in [-0.15, -0.1) is 0 Å². The van der Waals surface area contributed by atoms with Gasteiger partial charge in [-0.1, -0.05) is 0 Å². The van der Waals surface area contributed by atoms with Gasteiger partial charge in [-0.05, 0) is 0 Å². The molecule has 0 aliphatic carbocycles. The number of benzene rings is 1. The van der Waals surface area contributed by atoms with Crippen LogP contribution >= 0.6 is 0 Å². The van der Waals surface area contributed by atoms with Crippen LogP contribution in [-0.2, 0) is 0 Å². The molecule has 0 aliphatic heterocycles. The van der Waals surface area contributed by atoms with E-state index in [0.29, 0.717) is 19.2 Å². The molecule has 0 spiro atoms. The molecule has 0 fully saturated rings. The van der Waals surface area contributed by atoms with Gasteiger partial charge in [0.2, 0.25) is 0 Å². The first-order valence-electron chi connectivity index (χ1n) is 4.57. The summed E-state index contributed by atoms with van der Waals surface area (Å²) in [6, 6.07) is 10.2. The van der Waals surface area contributed by atoms with Crippen molar-refractivity contribution in [3.8, 4) is 0 Å². The first-order chi connectivity index (χ1) is 7.25. The summed E-state index contributed by atoms with van der Waals surface area (Å²) in [5, 5.41) is 0. The molecular weight excluding hydrogens is 318 g/mol. The molecule has 0 saturated heterocycles. The van der Waals surface area contributed by atoms with Crippen molar-refractivity contribution in [3.05, 3.63) is 51.3 Å². The average Bonchev–Trinajstić information content (AvgIpc) is 2.74. The molecule has 1 heterocycles. The quantitative estimate of drug-likeness (QED) is 0.775. The van der Waals surface area contributed by atoms with E-state index in [4.69, 9.17) is 0 Å². The van der Waals surface area contributed by atoms with Gasteiger partial charge in [-0.3, -0.25) is 0 Å². The molecule has 2 aromatic rings. The van der Waals surface area contributed by atoms with Crippen LogP contribution < -0.4 is 4.46 Å². The van der Waals surface area contributed by atoms with Crippen LogP contribution in [0.5, 0.6) is 0 Å². The second-order valence-corrected chi connectivity index (χ2v) is 7.05. The van der Waals surface area contributed by atoms with Crippen LogP contribution in [0.2, 0.25) is 0 Å². The minimum absolute atomic E-state index is 0.0652. The average molecular weight is 328 g/mol. The van der Waals surface area contributed by atoms with Crippen LogP contribution in [0.3, 0.4) is 0 Å². The Labute approximate surface area is 101 Å². The predicted molar refractivity (Wildman–Crippen MR) is 64.3 cm³/mol. The molecule has 0 N–H and O–H groups in total. The molecule has 76 valence electrons. The maximum absolute atomic E-state index is 11.8. The summed E-state index contributed by atoms with van der Waals surface area (Å²) in [5.74, 6) is 0. The number of rotatable bonds is 3. The Bertz CT molecular complexity index is 443. The van der Waals surface area contributed by atoms with E-state index in [1.807, 2.05) is 6.07 Å². The third-order valence-corrected chi connectivity index (χ3v) is 5.37. The predicted octanol–water partition coefficient (Wildman–Crippen LogP) is 1.22. The summed E-state index contributed by atoms with van der Waals surface area (Å²) >= 11 is 0.346. The Balaban J connectivity index is 2.09. The normalized spacial score (nSPS) is 10.2. The van der Waals surface area contributed by atoms with Gasteiger partial charge in [0.1, 0.15) is 0 Å². The van der Waals surface area contributed by atoms with Crippen molar-refractivity contribution >= 4 is 38.6 Å². The first kappa shape index (κ1) is 10.9. The van der Waals surface area contributed by atoms with Crippen molar-refractivity contribution in [2.45, 2.75) is 6.92 Å². The van der Waals surface area contributed by atoms with E-state index in [9.17, 15) is 4.79 Å². The second kappa shape index (κ2) is 4.96. The molecule has 0 saturated carbocycles. The monoisotopic (exact) mass is 330 g/mol. The first-order valence-corrected chi connectivity index (χ1v) is 8.26. The molecule has 3 heteroatoms. The van der Waals surface area contributed by atoms with Gasteiger partial charge < -0.3 is 0 Å². The Morgan fingerprint density at radius 3 is 2.53 bits per heavy atom. The number of carbonyl (C=O) groups excluding carboxylic acids is 1. The van der Waals surface area contributed by atoms with Crippen molar-refractivity contribution in [1.29, 1.82) is 0 Å². The van der Waals surface area contributed by atoms with Gasteiger partial charge in [-0.25, -0.2) is 0 Å². The Morgan fingerprint density at radius 2 is 1.93 bits per heavy atom. The molecule has 1 nitrogen and oxygen atoms in total. The SMILES string of the molecule is Cc1ccc([Se]C(=O)c2cc[se]c2)cc1. The van der Waals surface area contributed by atoms with Gasteiger partial charge in [0, 0.05) is 0 Å². The fourth-order valence-electron chi connectivity index (χ4n) is 1.15. The zero-order valence-corrected chi connectivity index (χ0v) is 11.7. The van der Waals surface area contributed by atoms with Crippen LogP contribution in [0.1, 0.15) is 15.9 Å². The van der Waals surface area contributed by atoms with Gasteiger partial charge in [0.25, 0.3) is 0 Å². The van der Waals surface area contributed by atoms with Crippen LogP contribution in [0.25, 0.3) is 0 Å². The van der Waals surface area contributed by atoms with E-state index in [2.05, 4.69) is 41.1 Å². The van der Waals surface area contributed by atoms with Gasteiger partial charge in [0.15, 0.2) is 0 Å². The summed E-state index contributed by atoms with van der Waals surface area (Å²) in [6.45, 7) is 2.06. The van der Waals surface area contributed by atoms with E-state index >= 15 is 0 Å². The standard InChI is InChI=1S/C12H10OSe2/c1-9-2-4-11(5-3-9)15-12(13)10-6-7-14-8-10/h2-8H,1H3. The fraction of sp³-hybridized carbons (Fsp3) is 0.0833. The molecule has 0 aliphatic rings. The van der Waals surface area contributed by atoms with Crippen LogP contribution in [0, 0.1) is 6.92 Å². The Hall–Kier alpha value is -0.591. The number of hydrogen-bond donors (Lipinski definition) is 0. The molecule has 0 unspecified atom stereocenters. The maximum atomic E-state index is 11.8. The van der Waals surface area contributed by atoms with Crippen molar-refractivity contribution in [2.75, 3.05) is 0 Å². The molecule has 0 amide bonds. The minimum atomic E-state index is -0.0652. The van der Waals surface area contributed by atoms with Crippen molar-refractivity contribution < 1.29 is 4.79 Å². The molecule has 0 bridgehead atoms. The van der Waals surface area contributed by atoms with Gasteiger partial charge in [-0.2, -0.15) is 0 Å². The van der Waals surface area contributed by atoms with E-state index < -0.39 is 0 Å². The van der Waals surface area contributed by atoms with Crippen molar-refractivity contribution in [1.82, 2.24) is 0 Å². The summed E-state index contributed by atoms with van der Waals surface area (Å²) in [5.41, 5.74) is 2.15. The zero-order chi connectivity index (χ0) is 10.7. The molecule has 1 aromatic heterocycles. The van der Waals surface area contributed by atoms with Crippen LogP contribution in [0.15, 0.2) is 40.2 Å². The fourth-order valence-corrected chi connectivity index (χ4v) is 4.40. The molecule has 1 aromatic carbocycles. The Morgan fingerprint density at radius 1 is 1.20 bits per heavy atom. The zero-order valence-electron chi connectivity index (χ0n) is 8.27. The Kier molecular flexibility index (Phi) is 3.61. The van der Waals surface area contributed by atoms with Crippen molar-refractivity contribution in [2.24, 2.45) is 0 Å². The number of carbonyl (C=O) groups is 1. The van der Waals surface area contributed by atoms with Gasteiger partial charge >= 0.3 is 102 Å². The van der Waals surface area contributed by atoms with E-state index in [1.54, 1.807) is 0 Å². The summed E-state index contributed by atoms with van der Waals surface area (Å²) in [4.78, 5) is 16.0. The summed E-state index contributed by atoms with van der Waals surface area (Å²) in [6.07, 6.45) is 0. The van der Waals surface area contributed by atoms with Crippen molar-refractivity contribution in [3.63, 3.8) is 0 Å². The van der Waals surface area contributed by atoms with E-state index in [-0.39, 0.29) is 15.0 Å². The van der Waals surface area contributed by atoms with E-state index in [1.165, 1.54) is 5.56 Å². The summed E-state index contributed by atoms with van der Waals surface area (Å²) < 4.78 is 1.45. The topological polar surface area (TPSA) is 17.1 Å². The molecule has 0 radical (unpaired) electrons. The van der Waals surface area contributed by atoms with Crippen LogP contribution in [-0.4, -0.2) is 34.1 Å². The molecule has 2 rings (SSSR count). The van der Waals surface area contributed by atoms with E-state index in [0.717, 1.165) is 10.0 Å². The number of aryl methyl sites for hydroxylation is 1. The third-order valence-electron chi connectivity index (χ3n) is 1.99. The second-order valence-electron chi connectivity index (χ2n) is 3.21. The van der Waals surface area contributed by atoms with Crippen LogP contribution in [0.4, 0.5) is 0 Å². The molecule has 0 atom stereocenters. The summed E-state index contributed by atoms with van der Waals surface area (Å²) in [7, 11) is 0. The molecule has 15 heavy (non-hydrogen) atoms. The molecular formula is C12H10OSe2. The van der Waals surface area contributed by atoms with Gasteiger partial charge in [0.05, 0.1) is 0 Å². The third kappa shape index (κ3) is 2.93.